The molecule has 0 N–H and O–H groups in total. The Morgan fingerprint density at radius 2 is 1.89 bits per heavy atom. The molecule has 1 unspecified atom stereocenters. The number of piperidine rings is 1. The van der Waals surface area contributed by atoms with E-state index in [9.17, 15) is 13.2 Å². The van der Waals surface area contributed by atoms with Gasteiger partial charge in [-0.1, -0.05) is 35.1 Å². The minimum Gasteiger partial charge on any atom is -0.309 e. The van der Waals surface area contributed by atoms with E-state index in [0.717, 1.165) is 45.6 Å². The monoisotopic (exact) mass is 554 g/mol. The Morgan fingerprint density at radius 3 is 2.54 bits per heavy atom. The van der Waals surface area contributed by atoms with E-state index in [-0.39, 0.29) is 16.7 Å². The number of thiophene rings is 1. The molecule has 1 aliphatic rings. The number of nitrogens with zero attached hydrogens (tertiary/aromatic N) is 4. The van der Waals surface area contributed by atoms with Crippen LogP contribution < -0.4 is 4.90 Å². The largest absolute Gasteiger partial charge is 0.309 e. The fraction of sp³-hybridized carbons (Fsp3) is 0.500. The zero-order chi connectivity index (χ0) is 25.3. The molecular formula is C24H31ClN4O3S3. The number of rotatable bonds is 8. The van der Waals surface area contributed by atoms with Crippen LogP contribution in [0.2, 0.25) is 4.34 Å². The fourth-order valence-corrected chi connectivity index (χ4v) is 8.66. The van der Waals surface area contributed by atoms with Crippen molar-refractivity contribution in [3.05, 3.63) is 39.7 Å². The van der Waals surface area contributed by atoms with Crippen molar-refractivity contribution < 1.29 is 13.2 Å². The van der Waals surface area contributed by atoms with Crippen LogP contribution in [-0.4, -0.2) is 68.8 Å². The third kappa shape index (κ3) is 5.73. The van der Waals surface area contributed by atoms with Crippen molar-refractivity contribution >= 4 is 65.6 Å². The minimum atomic E-state index is -3.68. The maximum atomic E-state index is 13.9. The Kier molecular flexibility index (Phi) is 8.19. The average molecular weight is 555 g/mol. The first kappa shape index (κ1) is 26.5. The second kappa shape index (κ2) is 10.8. The number of carbonyl (C=O) groups is 1. The van der Waals surface area contributed by atoms with E-state index in [1.807, 2.05) is 21.0 Å². The summed E-state index contributed by atoms with van der Waals surface area (Å²) in [6.07, 6.45) is 2.09. The molecule has 35 heavy (non-hydrogen) atoms. The molecule has 7 nitrogen and oxygen atoms in total. The van der Waals surface area contributed by atoms with Crippen molar-refractivity contribution in [1.29, 1.82) is 0 Å². The van der Waals surface area contributed by atoms with E-state index in [2.05, 4.69) is 24.0 Å². The lowest BCUT2D eigenvalue weighted by atomic mass is 9.98. The molecule has 1 amide bonds. The van der Waals surface area contributed by atoms with E-state index in [4.69, 9.17) is 16.6 Å². The number of benzene rings is 1. The highest BCUT2D eigenvalue weighted by Gasteiger charge is 2.36. The predicted molar refractivity (Wildman–Crippen MR) is 145 cm³/mol. The quantitative estimate of drug-likeness (QED) is 0.391. The summed E-state index contributed by atoms with van der Waals surface area (Å²) in [5.74, 6) is -0.468. The van der Waals surface area contributed by atoms with Crippen LogP contribution in [0.5, 0.6) is 0 Å². The van der Waals surface area contributed by atoms with Gasteiger partial charge in [0.25, 0.3) is 10.0 Å². The summed E-state index contributed by atoms with van der Waals surface area (Å²) in [7, 11) is 0.341. The van der Waals surface area contributed by atoms with Gasteiger partial charge in [0.15, 0.2) is 5.13 Å². The van der Waals surface area contributed by atoms with E-state index >= 15 is 0 Å². The number of halogens is 1. The zero-order valence-corrected chi connectivity index (χ0v) is 23.7. The van der Waals surface area contributed by atoms with E-state index in [0.29, 0.717) is 35.4 Å². The summed E-state index contributed by atoms with van der Waals surface area (Å²) in [5, 5.41) is 0.686. The summed E-state index contributed by atoms with van der Waals surface area (Å²) in [4.78, 5) is 22.6. The number of hydrogen-bond donors (Lipinski definition) is 0. The number of carbonyl (C=O) groups excluding carboxylic acids is 1. The molecule has 1 saturated heterocycles. The number of sulfonamides is 1. The van der Waals surface area contributed by atoms with Crippen molar-refractivity contribution in [2.75, 3.05) is 45.2 Å². The zero-order valence-electron chi connectivity index (χ0n) is 20.5. The van der Waals surface area contributed by atoms with Crippen molar-refractivity contribution in [2.24, 2.45) is 5.92 Å². The van der Waals surface area contributed by atoms with Gasteiger partial charge < -0.3 is 4.90 Å². The first-order valence-corrected chi connectivity index (χ1v) is 15.1. The maximum Gasteiger partial charge on any atom is 0.252 e. The molecule has 1 fully saturated rings. The van der Waals surface area contributed by atoms with Gasteiger partial charge >= 0.3 is 0 Å². The SMILES string of the molecule is Cc1ccc(C)c2sc(N(CCCN(C)C)C(=O)C3CCCN(S(=O)(=O)c4ccc(Cl)s4)C3)nc12. The van der Waals surface area contributed by atoms with Gasteiger partial charge in [0.2, 0.25) is 5.91 Å². The molecule has 0 spiro atoms. The average Bonchev–Trinajstić information content (AvgIpc) is 3.47. The van der Waals surface area contributed by atoms with E-state index in [1.165, 1.54) is 21.7 Å². The number of amides is 1. The van der Waals surface area contributed by atoms with Crippen LogP contribution in [0.1, 0.15) is 30.4 Å². The molecule has 0 aliphatic carbocycles. The lowest BCUT2D eigenvalue weighted by Gasteiger charge is -2.33. The van der Waals surface area contributed by atoms with Gasteiger partial charge in [0.05, 0.1) is 20.5 Å². The molecule has 0 radical (unpaired) electrons. The van der Waals surface area contributed by atoms with Gasteiger partial charge in [-0.25, -0.2) is 13.4 Å². The smallest absolute Gasteiger partial charge is 0.252 e. The first-order chi connectivity index (χ1) is 16.6. The topological polar surface area (TPSA) is 73.8 Å². The van der Waals surface area contributed by atoms with Crippen LogP contribution in [0.15, 0.2) is 28.5 Å². The molecule has 3 aromatic rings. The second-order valence-corrected chi connectivity index (χ2v) is 14.1. The summed E-state index contributed by atoms with van der Waals surface area (Å²) in [6, 6.07) is 7.26. The normalized spacial score (nSPS) is 17.4. The Labute approximate surface area is 220 Å². The van der Waals surface area contributed by atoms with Gasteiger partial charge in [-0.3, -0.25) is 9.69 Å². The molecule has 2 aromatic heterocycles. The molecule has 11 heteroatoms. The van der Waals surface area contributed by atoms with Crippen LogP contribution in [0.25, 0.3) is 10.2 Å². The van der Waals surface area contributed by atoms with Gasteiger partial charge in [-0.15, -0.1) is 11.3 Å². The number of anilines is 1. The van der Waals surface area contributed by atoms with Crippen molar-refractivity contribution in [3.8, 4) is 0 Å². The Balaban J connectivity index is 1.61. The van der Waals surface area contributed by atoms with Crippen molar-refractivity contribution in [2.45, 2.75) is 37.3 Å². The molecule has 0 saturated carbocycles. The van der Waals surface area contributed by atoms with E-state index in [1.54, 1.807) is 11.0 Å². The summed E-state index contributed by atoms with van der Waals surface area (Å²) in [6.45, 7) is 6.05. The highest BCUT2D eigenvalue weighted by molar-refractivity contribution is 7.91. The van der Waals surface area contributed by atoms with Crippen LogP contribution in [-0.2, 0) is 14.8 Å². The van der Waals surface area contributed by atoms with Gasteiger partial charge in [-0.05, 0) is 77.0 Å². The number of hydrogen-bond acceptors (Lipinski definition) is 7. The van der Waals surface area contributed by atoms with Gasteiger partial charge in [0, 0.05) is 19.6 Å². The summed E-state index contributed by atoms with van der Waals surface area (Å²) < 4.78 is 29.5. The molecule has 1 atom stereocenters. The second-order valence-electron chi connectivity index (χ2n) is 9.28. The Bertz CT molecular complexity index is 1280. The third-order valence-corrected chi connectivity index (χ3v) is 11.1. The molecule has 1 aromatic carbocycles. The molecular weight excluding hydrogens is 524 g/mol. The number of fused-ring (bicyclic) bond motifs is 1. The highest BCUT2D eigenvalue weighted by Crippen LogP contribution is 2.35. The van der Waals surface area contributed by atoms with Crippen molar-refractivity contribution in [1.82, 2.24) is 14.2 Å². The standard InChI is InChI=1S/C24H31ClN4O3S3/c1-16-8-9-17(2)22-21(16)26-24(34-22)29(14-6-12-27(3)4)23(30)18-7-5-13-28(15-18)35(31,32)20-11-10-19(25)33-20/h8-11,18H,5-7,12-15H2,1-4H3. The summed E-state index contributed by atoms with van der Waals surface area (Å²) >= 11 is 8.57. The molecule has 3 heterocycles. The van der Waals surface area contributed by atoms with Crippen LogP contribution in [0.4, 0.5) is 5.13 Å². The Morgan fingerprint density at radius 1 is 1.14 bits per heavy atom. The summed E-state index contributed by atoms with van der Waals surface area (Å²) in [5.41, 5.74) is 3.15. The van der Waals surface area contributed by atoms with E-state index < -0.39 is 15.9 Å². The lowest BCUT2D eigenvalue weighted by Crippen LogP contribution is -2.47. The van der Waals surface area contributed by atoms with Crippen LogP contribution in [0.3, 0.4) is 0 Å². The first-order valence-electron chi connectivity index (χ1n) is 11.7. The minimum absolute atomic E-state index is 0.0535. The molecule has 4 rings (SSSR count). The number of thiazole rings is 1. The fourth-order valence-electron chi connectivity index (χ4n) is 4.35. The van der Waals surface area contributed by atoms with Gasteiger partial charge in [0.1, 0.15) is 4.21 Å². The van der Waals surface area contributed by atoms with Crippen LogP contribution >= 0.6 is 34.3 Å². The van der Waals surface area contributed by atoms with Crippen LogP contribution in [0, 0.1) is 19.8 Å². The highest BCUT2D eigenvalue weighted by atomic mass is 35.5. The third-order valence-electron chi connectivity index (χ3n) is 6.29. The number of aromatic nitrogens is 1. The number of aryl methyl sites for hydroxylation is 2. The lowest BCUT2D eigenvalue weighted by molar-refractivity contribution is -0.123. The Hall–Kier alpha value is -1.56. The molecule has 190 valence electrons. The molecule has 0 bridgehead atoms. The maximum absolute atomic E-state index is 13.9. The predicted octanol–water partition coefficient (Wildman–Crippen LogP) is 5.01. The molecule has 1 aliphatic heterocycles. The van der Waals surface area contributed by atoms with Crippen molar-refractivity contribution in [3.63, 3.8) is 0 Å². The van der Waals surface area contributed by atoms with Gasteiger partial charge in [-0.2, -0.15) is 4.31 Å².